The number of amides is 1. The van der Waals surface area contributed by atoms with Crippen molar-refractivity contribution >= 4 is 17.2 Å². The molecule has 0 saturated heterocycles. The standard InChI is InChI=1S/C20H14F3N5O2/c1-30-14-6-2-4-12(8-14)15-9-17(20(21,22)23)28-18(26-15)10-16(27-28)19(29)25-13-5-3-7-24-11-13/h2-11H,1H3,(H,25,29). The molecule has 0 unspecified atom stereocenters. The summed E-state index contributed by atoms with van der Waals surface area (Å²) in [6.45, 7) is 0. The van der Waals surface area contributed by atoms with Crippen LogP contribution < -0.4 is 10.1 Å². The third-order valence-electron chi connectivity index (χ3n) is 4.24. The van der Waals surface area contributed by atoms with Crippen LogP contribution in [0, 0.1) is 0 Å². The van der Waals surface area contributed by atoms with E-state index in [-0.39, 0.29) is 17.0 Å². The zero-order valence-electron chi connectivity index (χ0n) is 15.5. The van der Waals surface area contributed by atoms with Crippen molar-refractivity contribution in [2.24, 2.45) is 0 Å². The van der Waals surface area contributed by atoms with Gasteiger partial charge in [-0.05, 0) is 30.3 Å². The lowest BCUT2D eigenvalue weighted by Gasteiger charge is -2.11. The maximum absolute atomic E-state index is 13.7. The van der Waals surface area contributed by atoms with Gasteiger partial charge < -0.3 is 10.1 Å². The number of nitrogens with one attached hydrogen (secondary N) is 1. The van der Waals surface area contributed by atoms with Crippen molar-refractivity contribution in [3.8, 4) is 17.0 Å². The number of rotatable bonds is 4. The number of carbonyl (C=O) groups excluding carboxylic acids is 1. The molecule has 1 N–H and O–H groups in total. The second-order valence-corrected chi connectivity index (χ2v) is 6.25. The number of hydrogen-bond acceptors (Lipinski definition) is 5. The first-order chi connectivity index (χ1) is 14.3. The predicted octanol–water partition coefficient (Wildman–Crippen LogP) is 4.07. The minimum absolute atomic E-state index is 0.0767. The maximum Gasteiger partial charge on any atom is 0.433 e. The van der Waals surface area contributed by atoms with Crippen LogP contribution >= 0.6 is 0 Å². The molecule has 0 spiro atoms. The molecule has 0 bridgehead atoms. The Morgan fingerprint density at radius 2 is 1.97 bits per heavy atom. The summed E-state index contributed by atoms with van der Waals surface area (Å²) in [5, 5.41) is 6.36. The van der Waals surface area contributed by atoms with Gasteiger partial charge in [0, 0.05) is 17.8 Å². The normalized spacial score (nSPS) is 11.5. The van der Waals surface area contributed by atoms with Gasteiger partial charge in [0.15, 0.2) is 17.0 Å². The van der Waals surface area contributed by atoms with Crippen molar-refractivity contribution in [3.63, 3.8) is 0 Å². The number of halogens is 3. The topological polar surface area (TPSA) is 81.4 Å². The number of benzene rings is 1. The Balaban J connectivity index is 1.80. The van der Waals surface area contributed by atoms with Gasteiger partial charge in [0.05, 0.1) is 24.7 Å². The molecule has 0 aliphatic rings. The van der Waals surface area contributed by atoms with Gasteiger partial charge >= 0.3 is 6.18 Å². The van der Waals surface area contributed by atoms with E-state index in [9.17, 15) is 18.0 Å². The number of fused-ring (bicyclic) bond motifs is 1. The Labute approximate surface area is 168 Å². The van der Waals surface area contributed by atoms with Gasteiger partial charge in [-0.3, -0.25) is 9.78 Å². The minimum atomic E-state index is -4.71. The van der Waals surface area contributed by atoms with Crippen LogP contribution in [-0.2, 0) is 6.18 Å². The lowest BCUT2D eigenvalue weighted by atomic mass is 10.1. The summed E-state index contributed by atoms with van der Waals surface area (Å²) in [4.78, 5) is 20.6. The predicted molar refractivity (Wildman–Crippen MR) is 102 cm³/mol. The van der Waals surface area contributed by atoms with Crippen molar-refractivity contribution in [2.75, 3.05) is 12.4 Å². The third kappa shape index (κ3) is 3.79. The van der Waals surface area contributed by atoms with E-state index < -0.39 is 17.8 Å². The van der Waals surface area contributed by atoms with Crippen LogP contribution in [0.5, 0.6) is 5.75 Å². The first-order valence-electron chi connectivity index (χ1n) is 8.69. The molecule has 3 aromatic heterocycles. The van der Waals surface area contributed by atoms with E-state index in [0.29, 0.717) is 21.5 Å². The molecule has 0 aliphatic heterocycles. The second-order valence-electron chi connectivity index (χ2n) is 6.25. The van der Waals surface area contributed by atoms with Crippen molar-refractivity contribution in [1.29, 1.82) is 0 Å². The summed E-state index contributed by atoms with van der Waals surface area (Å²) in [5.74, 6) is -0.197. The molecule has 0 saturated carbocycles. The highest BCUT2D eigenvalue weighted by molar-refractivity contribution is 6.03. The van der Waals surface area contributed by atoms with E-state index in [4.69, 9.17) is 4.74 Å². The Morgan fingerprint density at radius 1 is 1.13 bits per heavy atom. The molecule has 0 aliphatic carbocycles. The van der Waals surface area contributed by atoms with Crippen LogP contribution in [0.15, 0.2) is 60.9 Å². The molecule has 7 nitrogen and oxygen atoms in total. The Kier molecular flexibility index (Phi) is 4.82. The van der Waals surface area contributed by atoms with E-state index >= 15 is 0 Å². The molecule has 3 heterocycles. The highest BCUT2D eigenvalue weighted by atomic mass is 19.4. The third-order valence-corrected chi connectivity index (χ3v) is 4.24. The number of methoxy groups -OCH3 is 1. The average molecular weight is 413 g/mol. The minimum Gasteiger partial charge on any atom is -0.497 e. The number of ether oxygens (including phenoxy) is 1. The van der Waals surface area contributed by atoms with Crippen LogP contribution in [0.3, 0.4) is 0 Å². The lowest BCUT2D eigenvalue weighted by Crippen LogP contribution is -2.15. The van der Waals surface area contributed by atoms with Gasteiger partial charge in [-0.25, -0.2) is 9.50 Å². The number of pyridine rings is 1. The van der Waals surface area contributed by atoms with Crippen molar-refractivity contribution in [3.05, 3.63) is 72.3 Å². The molecule has 0 atom stereocenters. The summed E-state index contributed by atoms with van der Waals surface area (Å²) >= 11 is 0. The molecular weight excluding hydrogens is 399 g/mol. The summed E-state index contributed by atoms with van der Waals surface area (Å²) in [7, 11) is 1.46. The average Bonchev–Trinajstić information content (AvgIpc) is 3.17. The van der Waals surface area contributed by atoms with Gasteiger partial charge in [0.1, 0.15) is 5.75 Å². The Bertz CT molecular complexity index is 1220. The fourth-order valence-corrected chi connectivity index (χ4v) is 2.85. The fourth-order valence-electron chi connectivity index (χ4n) is 2.85. The van der Waals surface area contributed by atoms with E-state index in [1.165, 1.54) is 25.6 Å². The second kappa shape index (κ2) is 7.47. The van der Waals surface area contributed by atoms with E-state index in [1.807, 2.05) is 0 Å². The maximum atomic E-state index is 13.7. The molecule has 0 fully saturated rings. The van der Waals surface area contributed by atoms with Crippen LogP contribution in [0.2, 0.25) is 0 Å². The van der Waals surface area contributed by atoms with E-state index in [1.54, 1.807) is 36.4 Å². The monoisotopic (exact) mass is 413 g/mol. The van der Waals surface area contributed by atoms with Crippen molar-refractivity contribution in [1.82, 2.24) is 19.6 Å². The van der Waals surface area contributed by atoms with Crippen LogP contribution in [-0.4, -0.2) is 32.6 Å². The van der Waals surface area contributed by atoms with Crippen LogP contribution in [0.25, 0.3) is 16.9 Å². The number of hydrogen-bond donors (Lipinski definition) is 1. The molecule has 4 aromatic rings. The highest BCUT2D eigenvalue weighted by Crippen LogP contribution is 2.33. The number of aromatic nitrogens is 4. The molecule has 30 heavy (non-hydrogen) atoms. The quantitative estimate of drug-likeness (QED) is 0.546. The largest absolute Gasteiger partial charge is 0.497 e. The van der Waals surface area contributed by atoms with Gasteiger partial charge in [-0.2, -0.15) is 18.3 Å². The number of alkyl halides is 3. The van der Waals surface area contributed by atoms with E-state index in [0.717, 1.165) is 6.07 Å². The molecule has 0 radical (unpaired) electrons. The van der Waals surface area contributed by atoms with Crippen LogP contribution in [0.1, 0.15) is 16.2 Å². The molecule has 152 valence electrons. The Hall–Kier alpha value is -3.95. The smallest absolute Gasteiger partial charge is 0.433 e. The van der Waals surface area contributed by atoms with E-state index in [2.05, 4.69) is 20.4 Å². The van der Waals surface area contributed by atoms with Gasteiger partial charge in [0.25, 0.3) is 5.91 Å². The summed E-state index contributed by atoms with van der Waals surface area (Å²) in [6.07, 6.45) is -1.77. The molecule has 10 heteroatoms. The zero-order chi connectivity index (χ0) is 21.3. The number of nitrogens with zero attached hydrogens (tertiary/aromatic N) is 4. The van der Waals surface area contributed by atoms with Gasteiger partial charge in [-0.1, -0.05) is 12.1 Å². The first-order valence-corrected chi connectivity index (χ1v) is 8.69. The van der Waals surface area contributed by atoms with Gasteiger partial charge in [-0.15, -0.1) is 0 Å². The summed E-state index contributed by atoms with van der Waals surface area (Å²) < 4.78 is 46.8. The highest BCUT2D eigenvalue weighted by Gasteiger charge is 2.35. The first kappa shape index (κ1) is 19.4. The summed E-state index contributed by atoms with van der Waals surface area (Å²) in [5.41, 5.74) is -0.470. The van der Waals surface area contributed by atoms with Crippen LogP contribution in [0.4, 0.5) is 18.9 Å². The molecule has 1 amide bonds. The molecule has 1 aromatic carbocycles. The number of carbonyl (C=O) groups is 1. The summed E-state index contributed by atoms with van der Waals surface area (Å²) in [6, 6.07) is 11.8. The zero-order valence-corrected chi connectivity index (χ0v) is 15.5. The van der Waals surface area contributed by atoms with Crippen molar-refractivity contribution < 1.29 is 22.7 Å². The SMILES string of the molecule is COc1cccc(-c2cc(C(F)(F)F)n3nc(C(=O)Nc4cccnc4)cc3n2)c1. The molecule has 4 rings (SSSR count). The number of anilines is 1. The Morgan fingerprint density at radius 3 is 2.67 bits per heavy atom. The lowest BCUT2D eigenvalue weighted by molar-refractivity contribution is -0.142. The molecular formula is C20H14F3N5O2. The van der Waals surface area contributed by atoms with Crippen molar-refractivity contribution in [2.45, 2.75) is 6.18 Å². The van der Waals surface area contributed by atoms with Gasteiger partial charge in [0.2, 0.25) is 0 Å². The fraction of sp³-hybridized carbons (Fsp3) is 0.100.